The van der Waals surface area contributed by atoms with Crippen molar-refractivity contribution in [3.8, 4) is 0 Å². The van der Waals surface area contributed by atoms with Crippen molar-refractivity contribution in [1.82, 2.24) is 5.32 Å². The summed E-state index contributed by atoms with van der Waals surface area (Å²) in [4.78, 5) is 0. The van der Waals surface area contributed by atoms with Crippen LogP contribution in [0, 0.1) is 0 Å². The average molecular weight is 292 g/mol. The third-order valence-electron chi connectivity index (χ3n) is 2.41. The Morgan fingerprint density at radius 2 is 1.52 bits per heavy atom. The van der Waals surface area contributed by atoms with E-state index in [1.54, 1.807) is 0 Å². The van der Waals surface area contributed by atoms with Gasteiger partial charge in [-0.1, -0.05) is 84.9 Å². The van der Waals surface area contributed by atoms with E-state index in [0.29, 0.717) is 0 Å². The van der Waals surface area contributed by atoms with Crippen LogP contribution in [0.5, 0.6) is 0 Å². The molecule has 0 aliphatic rings. The third kappa shape index (κ3) is 10.9. The Morgan fingerprint density at radius 3 is 1.95 bits per heavy atom. The molecule has 0 heterocycles. The monoisotopic (exact) mass is 291 g/mol. The fourth-order valence-electron chi connectivity index (χ4n) is 1.59. The van der Waals surface area contributed by atoms with E-state index in [1.165, 1.54) is 16.8 Å². The van der Waals surface area contributed by atoms with Crippen molar-refractivity contribution in [3.05, 3.63) is 53.6 Å². The summed E-state index contributed by atoms with van der Waals surface area (Å²) in [6, 6.07) is 8.50. The summed E-state index contributed by atoms with van der Waals surface area (Å²) < 4.78 is 0. The van der Waals surface area contributed by atoms with Crippen molar-refractivity contribution >= 4 is 5.70 Å². The summed E-state index contributed by atoms with van der Waals surface area (Å²) in [5, 5.41) is 3.24. The summed E-state index contributed by atoms with van der Waals surface area (Å²) in [6.07, 6.45) is 7.25. The number of allylic oxidation sites excluding steroid dienone is 3. The van der Waals surface area contributed by atoms with E-state index in [-0.39, 0.29) is 0 Å². The molecule has 1 aromatic carbocycles. The van der Waals surface area contributed by atoms with Crippen LogP contribution in [0.1, 0.15) is 66.5 Å². The molecule has 0 aromatic heterocycles. The second-order valence-corrected chi connectivity index (χ2v) is 3.37. The highest BCUT2D eigenvalue weighted by atomic mass is 14.8. The van der Waals surface area contributed by atoms with Crippen molar-refractivity contribution < 1.29 is 0 Å². The van der Waals surface area contributed by atoms with Crippen LogP contribution in [0.15, 0.2) is 42.5 Å². The zero-order chi connectivity index (χ0) is 17.1. The fraction of sp³-hybridized carbons (Fsp3) is 0.500. The van der Waals surface area contributed by atoms with Gasteiger partial charge in [-0.05, 0) is 25.0 Å². The maximum atomic E-state index is 3.24. The smallest absolute Gasteiger partial charge is 0.0413 e. The van der Waals surface area contributed by atoms with Gasteiger partial charge in [0.2, 0.25) is 0 Å². The summed E-state index contributed by atoms with van der Waals surface area (Å²) >= 11 is 0. The third-order valence-corrected chi connectivity index (χ3v) is 2.41. The number of nitrogens with one attached hydrogen (secondary N) is 1. The van der Waals surface area contributed by atoms with E-state index in [1.807, 2.05) is 61.6 Å². The standard InChI is InChI=1S/C14H19N.3C2H6/c1-4-6-11-14(15-3)13-10-8-7-9-12(13)5-2;3*1-2/h4,6-11,15H,5H2,1-3H3;3*1-2H3/b6-4-,14-11-;;;. The predicted molar refractivity (Wildman–Crippen MR) is 102 cm³/mol. The second-order valence-electron chi connectivity index (χ2n) is 3.37. The van der Waals surface area contributed by atoms with Crippen LogP contribution in [-0.2, 0) is 6.42 Å². The highest BCUT2D eigenvalue weighted by molar-refractivity contribution is 5.67. The molecule has 0 spiro atoms. The molecule has 0 saturated carbocycles. The number of hydrogen-bond acceptors (Lipinski definition) is 1. The first kappa shape index (κ1) is 24.5. The first-order chi connectivity index (χ1) is 10.3. The minimum atomic E-state index is 1.06. The summed E-state index contributed by atoms with van der Waals surface area (Å²) in [7, 11) is 1.96. The Kier molecular flexibility index (Phi) is 24.3. The van der Waals surface area contributed by atoms with E-state index in [4.69, 9.17) is 0 Å². The van der Waals surface area contributed by atoms with E-state index in [0.717, 1.165) is 6.42 Å². The van der Waals surface area contributed by atoms with Crippen molar-refractivity contribution in [3.63, 3.8) is 0 Å². The predicted octanol–water partition coefficient (Wildman–Crippen LogP) is 6.46. The summed E-state index contributed by atoms with van der Waals surface area (Å²) in [5.74, 6) is 0. The van der Waals surface area contributed by atoms with Gasteiger partial charge in [-0.25, -0.2) is 0 Å². The largest absolute Gasteiger partial charge is 0.388 e. The number of hydrogen-bond donors (Lipinski definition) is 1. The molecule has 122 valence electrons. The first-order valence-electron chi connectivity index (χ1n) is 8.42. The molecule has 0 saturated heterocycles. The molecule has 0 unspecified atom stereocenters. The van der Waals surface area contributed by atoms with Gasteiger partial charge in [0, 0.05) is 18.3 Å². The van der Waals surface area contributed by atoms with Crippen molar-refractivity contribution in [1.29, 1.82) is 0 Å². The topological polar surface area (TPSA) is 12.0 Å². The second kappa shape index (κ2) is 20.8. The van der Waals surface area contributed by atoms with Gasteiger partial charge in [-0.15, -0.1) is 0 Å². The highest BCUT2D eigenvalue weighted by Gasteiger charge is 2.02. The minimum absolute atomic E-state index is 1.06. The van der Waals surface area contributed by atoms with Gasteiger partial charge in [-0.2, -0.15) is 0 Å². The lowest BCUT2D eigenvalue weighted by Crippen LogP contribution is -2.06. The van der Waals surface area contributed by atoms with Crippen LogP contribution in [0.3, 0.4) is 0 Å². The molecule has 1 aromatic rings. The fourth-order valence-corrected chi connectivity index (χ4v) is 1.59. The molecule has 0 radical (unpaired) electrons. The average Bonchev–Trinajstić information content (AvgIpc) is 2.61. The van der Waals surface area contributed by atoms with Gasteiger partial charge in [0.05, 0.1) is 0 Å². The zero-order valence-corrected chi connectivity index (χ0v) is 15.7. The molecule has 21 heavy (non-hydrogen) atoms. The summed E-state index contributed by atoms with van der Waals surface area (Å²) in [6.45, 7) is 16.2. The number of rotatable bonds is 4. The van der Waals surface area contributed by atoms with Gasteiger partial charge in [-0.3, -0.25) is 0 Å². The van der Waals surface area contributed by atoms with E-state index in [9.17, 15) is 0 Å². The van der Waals surface area contributed by atoms with Crippen LogP contribution < -0.4 is 5.32 Å². The maximum Gasteiger partial charge on any atom is 0.0413 e. The van der Waals surface area contributed by atoms with Gasteiger partial charge < -0.3 is 5.32 Å². The van der Waals surface area contributed by atoms with Crippen LogP contribution in [0.2, 0.25) is 0 Å². The molecule has 1 rings (SSSR count). The van der Waals surface area contributed by atoms with Crippen LogP contribution in [0.4, 0.5) is 0 Å². The molecule has 0 atom stereocenters. The molecule has 1 heteroatoms. The van der Waals surface area contributed by atoms with Gasteiger partial charge in [0.1, 0.15) is 0 Å². The lowest BCUT2D eigenvalue weighted by atomic mass is 10.0. The molecule has 0 amide bonds. The lowest BCUT2D eigenvalue weighted by molar-refractivity contribution is 1.08. The molecule has 1 nitrogen and oxygen atoms in total. The number of aryl methyl sites for hydroxylation is 1. The molecule has 0 aliphatic heterocycles. The Labute approximate surface area is 134 Å². The number of benzene rings is 1. The molecule has 0 aliphatic carbocycles. The molecular weight excluding hydrogens is 254 g/mol. The van der Waals surface area contributed by atoms with Crippen molar-refractivity contribution in [2.24, 2.45) is 0 Å². The summed E-state index contributed by atoms with van der Waals surface area (Å²) in [5.41, 5.74) is 3.84. The normalized spacial score (nSPS) is 9.48. The van der Waals surface area contributed by atoms with E-state index < -0.39 is 0 Å². The van der Waals surface area contributed by atoms with E-state index >= 15 is 0 Å². The van der Waals surface area contributed by atoms with Crippen LogP contribution in [0.25, 0.3) is 5.70 Å². The Morgan fingerprint density at radius 1 is 1.00 bits per heavy atom. The minimum Gasteiger partial charge on any atom is -0.388 e. The molecule has 0 bridgehead atoms. The Bertz CT molecular complexity index is 362. The highest BCUT2D eigenvalue weighted by Crippen LogP contribution is 2.17. The zero-order valence-electron chi connectivity index (χ0n) is 15.7. The van der Waals surface area contributed by atoms with Crippen LogP contribution in [-0.4, -0.2) is 7.05 Å². The quantitative estimate of drug-likeness (QED) is 0.627. The van der Waals surface area contributed by atoms with Crippen LogP contribution >= 0.6 is 0 Å². The van der Waals surface area contributed by atoms with Gasteiger partial charge in [0.25, 0.3) is 0 Å². The molecule has 1 N–H and O–H groups in total. The SMILES string of the molecule is C/C=C\C=C(/NC)c1ccccc1CC.CC.CC.CC. The van der Waals surface area contributed by atoms with Gasteiger partial charge >= 0.3 is 0 Å². The lowest BCUT2D eigenvalue weighted by Gasteiger charge is -2.10. The van der Waals surface area contributed by atoms with E-state index in [2.05, 4.69) is 48.7 Å². The molecular formula is C20H37N. The Hall–Kier alpha value is -1.50. The Balaban J connectivity index is -0.000000478. The van der Waals surface area contributed by atoms with Crippen molar-refractivity contribution in [2.45, 2.75) is 61.8 Å². The van der Waals surface area contributed by atoms with Gasteiger partial charge in [0.15, 0.2) is 0 Å². The first-order valence-corrected chi connectivity index (χ1v) is 8.42. The van der Waals surface area contributed by atoms with Crippen molar-refractivity contribution in [2.75, 3.05) is 7.05 Å². The maximum absolute atomic E-state index is 3.24. The molecule has 0 fully saturated rings.